The smallest absolute Gasteiger partial charge is 0.277 e. The molecule has 4 amide bonds. The molecule has 9 N–H and O–H groups in total. The predicted octanol–water partition coefficient (Wildman–Crippen LogP) is 1.05. The fraction of sp³-hybridized carbons (Fsp3) is 0.410. The number of piperazine rings is 1. The van der Waals surface area contributed by atoms with E-state index < -0.39 is 40.1 Å². The van der Waals surface area contributed by atoms with E-state index in [1.165, 1.54) is 0 Å². The van der Waals surface area contributed by atoms with Crippen molar-refractivity contribution >= 4 is 51.0 Å². The number of nitrogens with one attached hydrogen (secondary N) is 7. The minimum atomic E-state index is -4.15. The first-order valence-electron chi connectivity index (χ1n) is 18.7. The van der Waals surface area contributed by atoms with Gasteiger partial charge in [0.05, 0.1) is 0 Å². The molecule has 3 aromatic rings. The summed E-state index contributed by atoms with van der Waals surface area (Å²) in [5.41, 5.74) is 9.28. The van der Waals surface area contributed by atoms with Gasteiger partial charge in [-0.1, -0.05) is 48.5 Å². The molecule has 1 saturated heterocycles. The first-order chi connectivity index (χ1) is 26.7. The van der Waals surface area contributed by atoms with Crippen molar-refractivity contribution < 1.29 is 27.6 Å². The summed E-state index contributed by atoms with van der Waals surface area (Å²) < 4.78 is 31.1. The zero-order chi connectivity index (χ0) is 40.2. The summed E-state index contributed by atoms with van der Waals surface area (Å²) in [6.45, 7) is 7.82. The van der Waals surface area contributed by atoms with E-state index in [1.807, 2.05) is 0 Å². The second-order valence-electron chi connectivity index (χ2n) is 14.4. The first-order valence-corrected chi connectivity index (χ1v) is 20.2. The molecule has 3 aromatic carbocycles. The number of hydrogen-bond donors (Lipinski definition) is 8. The van der Waals surface area contributed by atoms with Crippen molar-refractivity contribution in [1.29, 1.82) is 5.41 Å². The van der Waals surface area contributed by atoms with Crippen molar-refractivity contribution in [1.82, 2.24) is 29.9 Å². The largest absolute Gasteiger partial charge is 0.384 e. The Bertz CT molecular complexity index is 1950. The van der Waals surface area contributed by atoms with Gasteiger partial charge < -0.3 is 36.8 Å². The van der Waals surface area contributed by atoms with E-state index in [4.69, 9.17) is 11.1 Å². The highest BCUT2D eigenvalue weighted by molar-refractivity contribution is 7.87. The lowest BCUT2D eigenvalue weighted by molar-refractivity contribution is -0.129. The number of amides is 4. The highest BCUT2D eigenvalue weighted by atomic mass is 32.2. The van der Waals surface area contributed by atoms with Crippen molar-refractivity contribution in [3.05, 3.63) is 95.1 Å². The molecule has 56 heavy (non-hydrogen) atoms. The third-order valence-corrected chi connectivity index (χ3v) is 10.9. The zero-order valence-electron chi connectivity index (χ0n) is 31.8. The van der Waals surface area contributed by atoms with Gasteiger partial charge in [-0.2, -0.15) is 17.9 Å². The van der Waals surface area contributed by atoms with Gasteiger partial charge in [0.25, 0.3) is 10.2 Å². The Hall–Kier alpha value is -5.20. The standard InChI is InChI=1S/C39H52N10O6S/c1-26(2)46-56(54,55)47-34-24-28-7-13-32(14-8-28)44-36(51)16-18-49-21-19-48(20-22-49)17-15-35(50)43-31-11-5-27(6-12-31)23-33(45-39(34)53)38(52)42-25-29-3-9-30(10-4-29)37(40)41/h3-14,26,33-34,46-47H,15-25H2,1-2H3,(H3,40,41)(H,42,52)(H,43,50)(H,44,51)(H,45,53)/t33-,34+/m0/s1. The predicted molar refractivity (Wildman–Crippen MR) is 215 cm³/mol. The number of carbonyl (C=O) groups excluding carboxylic acids is 4. The van der Waals surface area contributed by atoms with Crippen molar-refractivity contribution in [2.75, 3.05) is 49.9 Å². The van der Waals surface area contributed by atoms with E-state index in [0.717, 1.165) is 31.7 Å². The molecule has 5 aliphatic rings. The Morgan fingerprint density at radius 2 is 1.29 bits per heavy atom. The second kappa shape index (κ2) is 19.6. The third kappa shape index (κ3) is 13.2. The molecule has 1 fully saturated rings. The van der Waals surface area contributed by atoms with Crippen LogP contribution in [0.1, 0.15) is 48.9 Å². The third-order valence-electron chi connectivity index (χ3n) is 9.50. The Morgan fingerprint density at radius 3 is 1.77 bits per heavy atom. The van der Waals surface area contributed by atoms with E-state index in [-0.39, 0.29) is 37.0 Å². The van der Waals surface area contributed by atoms with Crippen LogP contribution in [0.2, 0.25) is 0 Å². The number of nitrogens with zero attached hydrogens (tertiary/aromatic N) is 2. The lowest BCUT2D eigenvalue weighted by Gasteiger charge is -2.34. The van der Waals surface area contributed by atoms with E-state index in [0.29, 0.717) is 54.0 Å². The Labute approximate surface area is 328 Å². The Morgan fingerprint density at radius 1 is 0.786 bits per heavy atom. The number of nitrogens with two attached hydrogens (primary N) is 1. The van der Waals surface area contributed by atoms with Crippen LogP contribution in [-0.4, -0.2) is 105 Å². The van der Waals surface area contributed by atoms with Gasteiger partial charge in [0.1, 0.15) is 17.9 Å². The highest BCUT2D eigenvalue weighted by Crippen LogP contribution is 2.16. The van der Waals surface area contributed by atoms with Crippen LogP contribution in [0.4, 0.5) is 11.4 Å². The van der Waals surface area contributed by atoms with E-state index >= 15 is 0 Å². The molecule has 0 aliphatic carbocycles. The molecule has 6 bridgehead atoms. The van der Waals surface area contributed by atoms with Crippen LogP contribution in [-0.2, 0) is 48.8 Å². The summed E-state index contributed by atoms with van der Waals surface area (Å²) in [5.74, 6) is -1.60. The van der Waals surface area contributed by atoms with Crippen molar-refractivity contribution in [2.24, 2.45) is 5.73 Å². The van der Waals surface area contributed by atoms with Gasteiger partial charge in [0.2, 0.25) is 23.6 Å². The Kier molecular flexibility index (Phi) is 14.7. The van der Waals surface area contributed by atoms with Crippen molar-refractivity contribution in [2.45, 2.75) is 64.2 Å². The number of fused-ring (bicyclic) bond motifs is 3. The molecule has 0 radical (unpaired) electrons. The lowest BCUT2D eigenvalue weighted by Crippen LogP contribution is -2.56. The summed E-state index contributed by atoms with van der Waals surface area (Å²) >= 11 is 0. The molecule has 17 heteroatoms. The lowest BCUT2D eigenvalue weighted by atomic mass is 10.0. The van der Waals surface area contributed by atoms with Crippen LogP contribution in [0.15, 0.2) is 72.8 Å². The second-order valence-corrected chi connectivity index (χ2v) is 15.9. The van der Waals surface area contributed by atoms with Gasteiger partial charge in [-0.05, 0) is 61.2 Å². The minimum absolute atomic E-state index is 0.0547. The normalized spacial score (nSPS) is 21.6. The van der Waals surface area contributed by atoms with Gasteiger partial charge in [0, 0.05) is 88.1 Å². The van der Waals surface area contributed by atoms with Crippen LogP contribution in [0.3, 0.4) is 0 Å². The van der Waals surface area contributed by atoms with Gasteiger partial charge >= 0.3 is 0 Å². The fourth-order valence-corrected chi connectivity index (χ4v) is 7.69. The molecule has 2 atom stereocenters. The molecule has 8 rings (SSSR count). The number of benzene rings is 3. The number of amidine groups is 1. The number of nitrogen functional groups attached to an aromatic ring is 1. The summed E-state index contributed by atoms with van der Waals surface area (Å²) in [4.78, 5) is 57.9. The summed E-state index contributed by atoms with van der Waals surface area (Å²) in [6.07, 6.45) is 0.610. The maximum absolute atomic E-state index is 14.0. The van der Waals surface area contributed by atoms with Crippen LogP contribution in [0.5, 0.6) is 0 Å². The first kappa shape index (κ1) is 42.0. The monoisotopic (exact) mass is 788 g/mol. The van der Waals surface area contributed by atoms with Crippen LogP contribution in [0, 0.1) is 5.41 Å². The molecule has 300 valence electrons. The highest BCUT2D eigenvalue weighted by Gasteiger charge is 2.30. The molecular weight excluding hydrogens is 737 g/mol. The number of hydrogen-bond acceptors (Lipinski definition) is 9. The fourth-order valence-electron chi connectivity index (χ4n) is 6.44. The van der Waals surface area contributed by atoms with Gasteiger partial charge in [-0.15, -0.1) is 0 Å². The molecular formula is C39H52N10O6S. The van der Waals surface area contributed by atoms with Gasteiger partial charge in [0.15, 0.2) is 0 Å². The number of carbonyl (C=O) groups is 4. The minimum Gasteiger partial charge on any atom is -0.384 e. The van der Waals surface area contributed by atoms with Crippen LogP contribution >= 0.6 is 0 Å². The van der Waals surface area contributed by atoms with E-state index in [2.05, 4.69) is 40.5 Å². The SMILES string of the molecule is CC(C)NS(=O)(=O)N[C@@H]1Cc2ccc(cc2)NC(=O)CCN2CCN(CCC(=O)Nc3ccc(cc3)C[C@@H](C(=O)NCc3ccc(C(=N)N)cc3)NC1=O)CC2. The molecule has 0 spiro atoms. The average Bonchev–Trinajstić information content (AvgIpc) is 3.16. The molecule has 0 saturated carbocycles. The summed E-state index contributed by atoms with van der Waals surface area (Å²) in [7, 11) is -4.15. The number of anilines is 2. The maximum atomic E-state index is 14.0. The molecule has 5 aliphatic heterocycles. The molecule has 5 heterocycles. The maximum Gasteiger partial charge on any atom is 0.277 e. The molecule has 0 unspecified atom stereocenters. The summed E-state index contributed by atoms with van der Waals surface area (Å²) in [5, 5.41) is 19.1. The topological polar surface area (TPSA) is 231 Å². The molecule has 0 aromatic heterocycles. The summed E-state index contributed by atoms with van der Waals surface area (Å²) in [6, 6.07) is 17.7. The quantitative estimate of drug-likeness (QED) is 0.120. The van der Waals surface area contributed by atoms with Crippen molar-refractivity contribution in [3.8, 4) is 0 Å². The van der Waals surface area contributed by atoms with E-state index in [1.54, 1.807) is 86.6 Å². The average molecular weight is 789 g/mol. The molecule has 16 nitrogen and oxygen atoms in total. The van der Waals surface area contributed by atoms with Crippen LogP contribution in [0.25, 0.3) is 0 Å². The van der Waals surface area contributed by atoms with Gasteiger partial charge in [-0.25, -0.2) is 0 Å². The van der Waals surface area contributed by atoms with E-state index in [9.17, 15) is 27.6 Å². The Balaban J connectivity index is 1.40. The van der Waals surface area contributed by atoms with Gasteiger partial charge in [-0.3, -0.25) is 24.6 Å². The van der Waals surface area contributed by atoms with Crippen molar-refractivity contribution in [3.63, 3.8) is 0 Å². The zero-order valence-corrected chi connectivity index (χ0v) is 32.6. The van der Waals surface area contributed by atoms with Crippen LogP contribution < -0.4 is 36.4 Å². The number of rotatable bonds is 8.